The van der Waals surface area contributed by atoms with Crippen molar-refractivity contribution >= 4 is 21.6 Å². The summed E-state index contributed by atoms with van der Waals surface area (Å²) in [5, 5.41) is 0.775. The van der Waals surface area contributed by atoms with Crippen LogP contribution in [-0.2, 0) is 6.54 Å². The van der Waals surface area contributed by atoms with Gasteiger partial charge in [0, 0.05) is 4.88 Å². The summed E-state index contributed by atoms with van der Waals surface area (Å²) in [6.07, 6.45) is 6.66. The first kappa shape index (κ1) is 14.7. The molecule has 2 N–H and O–H groups in total. The molecule has 0 amide bonds. The third-order valence-electron chi connectivity index (χ3n) is 4.84. The molecular weight excluding hydrogens is 282 g/mol. The van der Waals surface area contributed by atoms with E-state index in [0.29, 0.717) is 6.04 Å². The number of aryl methyl sites for hydroxylation is 2. The summed E-state index contributed by atoms with van der Waals surface area (Å²) in [4.78, 5) is 23.5. The molecule has 3 rings (SSSR count). The van der Waals surface area contributed by atoms with E-state index in [2.05, 4.69) is 19.0 Å². The molecule has 114 valence electrons. The Kier molecular flexibility index (Phi) is 4.13. The maximum atomic E-state index is 12.3. The van der Waals surface area contributed by atoms with E-state index in [0.717, 1.165) is 28.1 Å². The van der Waals surface area contributed by atoms with Crippen LogP contribution in [0.2, 0.25) is 0 Å². The average Bonchev–Trinajstić information content (AvgIpc) is 2.75. The maximum Gasteiger partial charge on any atom is 0.260 e. The van der Waals surface area contributed by atoms with Crippen LogP contribution in [0, 0.1) is 13.8 Å². The smallest absolute Gasteiger partial charge is 0.260 e. The molecule has 0 radical (unpaired) electrons. The number of hydrogen-bond donors (Lipinski definition) is 2. The number of nitrogens with one attached hydrogen (secondary N) is 2. The molecule has 2 heterocycles. The van der Waals surface area contributed by atoms with E-state index in [4.69, 9.17) is 4.98 Å². The Balaban J connectivity index is 1.85. The summed E-state index contributed by atoms with van der Waals surface area (Å²) in [6.45, 7) is 4.87. The normalized spacial score (nSPS) is 18.2. The summed E-state index contributed by atoms with van der Waals surface area (Å²) in [6, 6.07) is 0.714. The highest BCUT2D eigenvalue weighted by Crippen LogP contribution is 2.25. The Labute approximate surface area is 129 Å². The predicted molar refractivity (Wildman–Crippen MR) is 87.2 cm³/mol. The van der Waals surface area contributed by atoms with Crippen molar-refractivity contribution in [1.82, 2.24) is 9.97 Å². The fourth-order valence-corrected chi connectivity index (χ4v) is 4.44. The van der Waals surface area contributed by atoms with Gasteiger partial charge < -0.3 is 9.88 Å². The lowest BCUT2D eigenvalue weighted by Gasteiger charge is -2.27. The second kappa shape index (κ2) is 5.89. The molecule has 0 bridgehead atoms. The van der Waals surface area contributed by atoms with Crippen LogP contribution in [0.4, 0.5) is 0 Å². The van der Waals surface area contributed by atoms with Crippen molar-refractivity contribution < 1.29 is 4.90 Å². The van der Waals surface area contributed by atoms with Gasteiger partial charge in [0.25, 0.3) is 5.56 Å². The summed E-state index contributed by atoms with van der Waals surface area (Å²) in [7, 11) is 2.23. The number of aromatic nitrogens is 2. The zero-order valence-electron chi connectivity index (χ0n) is 13.1. The Morgan fingerprint density at radius 3 is 2.71 bits per heavy atom. The topological polar surface area (TPSA) is 50.2 Å². The number of nitrogens with zero attached hydrogens (tertiary/aromatic N) is 1. The lowest BCUT2D eigenvalue weighted by Crippen LogP contribution is -3.11. The summed E-state index contributed by atoms with van der Waals surface area (Å²) >= 11 is 1.63. The van der Waals surface area contributed by atoms with Crippen molar-refractivity contribution in [3.63, 3.8) is 0 Å². The minimum atomic E-state index is 0.0216. The number of aromatic amines is 1. The molecule has 21 heavy (non-hydrogen) atoms. The van der Waals surface area contributed by atoms with E-state index in [9.17, 15) is 4.79 Å². The zero-order valence-corrected chi connectivity index (χ0v) is 13.9. The largest absolute Gasteiger partial charge is 0.329 e. The van der Waals surface area contributed by atoms with E-state index < -0.39 is 0 Å². The third-order valence-corrected chi connectivity index (χ3v) is 5.94. The fourth-order valence-electron chi connectivity index (χ4n) is 3.39. The van der Waals surface area contributed by atoms with Gasteiger partial charge in [0.05, 0.1) is 18.5 Å². The average molecular weight is 306 g/mol. The monoisotopic (exact) mass is 306 g/mol. The number of thiophene rings is 1. The minimum absolute atomic E-state index is 0.0216. The molecule has 0 saturated heterocycles. The van der Waals surface area contributed by atoms with Crippen molar-refractivity contribution in [2.75, 3.05) is 7.05 Å². The quantitative estimate of drug-likeness (QED) is 0.910. The van der Waals surface area contributed by atoms with Crippen molar-refractivity contribution in [2.45, 2.75) is 58.5 Å². The molecule has 0 aromatic carbocycles. The molecule has 2 aromatic heterocycles. The van der Waals surface area contributed by atoms with Crippen LogP contribution in [-0.4, -0.2) is 23.1 Å². The molecule has 2 aromatic rings. The van der Waals surface area contributed by atoms with Crippen LogP contribution in [0.3, 0.4) is 0 Å². The van der Waals surface area contributed by atoms with Crippen molar-refractivity contribution in [3.05, 3.63) is 26.6 Å². The van der Waals surface area contributed by atoms with Crippen LogP contribution in [0.15, 0.2) is 4.79 Å². The molecule has 4 nitrogen and oxygen atoms in total. The second-order valence-electron chi connectivity index (χ2n) is 6.33. The number of H-pyrrole nitrogens is 1. The Hall–Kier alpha value is -1.20. The van der Waals surface area contributed by atoms with Gasteiger partial charge >= 0.3 is 0 Å². The van der Waals surface area contributed by atoms with Crippen LogP contribution in [0.25, 0.3) is 10.2 Å². The lowest BCUT2D eigenvalue weighted by atomic mass is 9.94. The van der Waals surface area contributed by atoms with Crippen LogP contribution < -0.4 is 10.5 Å². The van der Waals surface area contributed by atoms with Gasteiger partial charge in [-0.05, 0) is 45.1 Å². The summed E-state index contributed by atoms with van der Waals surface area (Å²) in [5.74, 6) is 0.830. The highest BCUT2D eigenvalue weighted by Gasteiger charge is 2.22. The molecular formula is C16H24N3OS+. The van der Waals surface area contributed by atoms with E-state index in [-0.39, 0.29) is 5.56 Å². The summed E-state index contributed by atoms with van der Waals surface area (Å²) < 4.78 is 0. The Morgan fingerprint density at radius 1 is 1.29 bits per heavy atom. The van der Waals surface area contributed by atoms with E-state index in [1.807, 2.05) is 6.92 Å². The minimum Gasteiger partial charge on any atom is -0.329 e. The fraction of sp³-hybridized carbons (Fsp3) is 0.625. The van der Waals surface area contributed by atoms with E-state index >= 15 is 0 Å². The van der Waals surface area contributed by atoms with Crippen molar-refractivity contribution in [1.29, 1.82) is 0 Å². The number of fused-ring (bicyclic) bond motifs is 1. The maximum absolute atomic E-state index is 12.3. The van der Waals surface area contributed by atoms with E-state index in [1.165, 1.54) is 41.9 Å². The first-order valence-electron chi connectivity index (χ1n) is 7.87. The number of hydrogen-bond acceptors (Lipinski definition) is 3. The molecule has 1 aliphatic carbocycles. The Morgan fingerprint density at radius 2 is 2.00 bits per heavy atom. The Bertz CT molecular complexity index is 697. The second-order valence-corrected chi connectivity index (χ2v) is 7.54. The summed E-state index contributed by atoms with van der Waals surface area (Å²) in [5.41, 5.74) is 1.09. The lowest BCUT2D eigenvalue weighted by molar-refractivity contribution is -0.921. The van der Waals surface area contributed by atoms with Gasteiger partial charge in [-0.15, -0.1) is 11.3 Å². The molecule has 1 fully saturated rings. The van der Waals surface area contributed by atoms with Gasteiger partial charge in [0.15, 0.2) is 5.82 Å². The van der Waals surface area contributed by atoms with Gasteiger partial charge in [-0.25, -0.2) is 4.98 Å². The van der Waals surface area contributed by atoms with Gasteiger partial charge in [0.1, 0.15) is 11.4 Å². The predicted octanol–water partition coefficient (Wildman–Crippen LogP) is 1.95. The molecule has 0 aliphatic heterocycles. The molecule has 5 heteroatoms. The molecule has 1 unspecified atom stereocenters. The molecule has 1 aliphatic rings. The standard InChI is InChI=1S/C16H23N3OS/c1-10-11(2)21-16-14(10)15(20)17-13(18-16)9-19(3)12-7-5-4-6-8-12/h12H,4-9H2,1-3H3,(H,17,18,20)/p+1. The highest BCUT2D eigenvalue weighted by molar-refractivity contribution is 7.18. The van der Waals surface area contributed by atoms with Crippen LogP contribution in [0.1, 0.15) is 48.4 Å². The third kappa shape index (κ3) is 2.90. The van der Waals surface area contributed by atoms with Crippen LogP contribution in [0.5, 0.6) is 0 Å². The molecule has 1 atom stereocenters. The number of rotatable bonds is 3. The molecule has 0 spiro atoms. The van der Waals surface area contributed by atoms with Gasteiger partial charge in [-0.1, -0.05) is 6.42 Å². The van der Waals surface area contributed by atoms with Crippen LogP contribution >= 0.6 is 11.3 Å². The molecule has 1 saturated carbocycles. The van der Waals surface area contributed by atoms with Crippen molar-refractivity contribution in [2.24, 2.45) is 0 Å². The van der Waals surface area contributed by atoms with Crippen molar-refractivity contribution in [3.8, 4) is 0 Å². The number of quaternary nitrogens is 1. The SMILES string of the molecule is Cc1sc2nc(C[NH+](C)C3CCCCC3)[nH]c(=O)c2c1C. The first-order valence-corrected chi connectivity index (χ1v) is 8.69. The van der Waals surface area contributed by atoms with Gasteiger partial charge in [-0.2, -0.15) is 0 Å². The van der Waals surface area contributed by atoms with Gasteiger partial charge in [0.2, 0.25) is 0 Å². The highest BCUT2D eigenvalue weighted by atomic mass is 32.1. The zero-order chi connectivity index (χ0) is 15.0. The van der Waals surface area contributed by atoms with E-state index in [1.54, 1.807) is 11.3 Å². The van der Waals surface area contributed by atoms with Gasteiger partial charge in [-0.3, -0.25) is 4.79 Å². The first-order chi connectivity index (χ1) is 10.1.